The Kier molecular flexibility index (Phi) is 5.89. The molecule has 2 aromatic carbocycles. The number of hydrogen-bond acceptors (Lipinski definition) is 4. The Morgan fingerprint density at radius 2 is 1.88 bits per heavy atom. The van der Waals surface area contributed by atoms with Gasteiger partial charge in [-0.15, -0.1) is 0 Å². The second-order valence-corrected chi connectivity index (χ2v) is 5.25. The molecule has 0 bridgehead atoms. The Hall–Kier alpha value is -2.89. The van der Waals surface area contributed by atoms with Gasteiger partial charge in [0.15, 0.2) is 0 Å². The van der Waals surface area contributed by atoms with E-state index in [2.05, 4.69) is 17.3 Å². The lowest BCUT2D eigenvalue weighted by atomic mass is 10.1. The normalized spacial score (nSPS) is 10.8. The molecular weight excluding hydrogens is 306 g/mol. The van der Waals surface area contributed by atoms with Crippen LogP contribution < -0.4 is 9.75 Å². The zero-order chi connectivity index (χ0) is 17.5. The molecule has 2 aromatic rings. The number of nitrogens with zero attached hydrogens (tertiary/aromatic N) is 3. The second-order valence-electron chi connectivity index (χ2n) is 5.25. The molecule has 0 spiro atoms. The van der Waals surface area contributed by atoms with Crippen molar-refractivity contribution in [3.05, 3.63) is 59.2 Å². The number of aromatic carboxylic acids is 1. The molecule has 24 heavy (non-hydrogen) atoms. The highest BCUT2D eigenvalue weighted by molar-refractivity contribution is 5.88. The van der Waals surface area contributed by atoms with Crippen molar-refractivity contribution < 1.29 is 14.6 Å². The second kappa shape index (κ2) is 8.10. The van der Waals surface area contributed by atoms with Crippen LogP contribution in [-0.4, -0.2) is 25.2 Å². The minimum absolute atomic E-state index is 0.245. The summed E-state index contributed by atoms with van der Waals surface area (Å²) < 4.78 is 5.23. The highest BCUT2D eigenvalue weighted by Gasteiger charge is 2.05. The van der Waals surface area contributed by atoms with Gasteiger partial charge < -0.3 is 9.84 Å². The van der Waals surface area contributed by atoms with E-state index in [4.69, 9.17) is 9.84 Å². The number of aryl methyl sites for hydroxylation is 1. The van der Waals surface area contributed by atoms with E-state index in [0.29, 0.717) is 6.54 Å². The van der Waals surface area contributed by atoms with Crippen LogP contribution in [0.1, 0.15) is 28.4 Å². The zero-order valence-electron chi connectivity index (χ0n) is 14.1. The molecule has 126 valence electrons. The SMILES string of the molecule is CCc1cc(OC)ccc1CN=NN(C)c1ccc(C(=O)O)cc1. The van der Waals surface area contributed by atoms with Gasteiger partial charge in [-0.05, 0) is 53.9 Å². The summed E-state index contributed by atoms with van der Waals surface area (Å²) in [7, 11) is 3.42. The molecule has 0 amide bonds. The van der Waals surface area contributed by atoms with Gasteiger partial charge in [-0.25, -0.2) is 4.79 Å². The molecule has 0 aliphatic heterocycles. The van der Waals surface area contributed by atoms with Gasteiger partial charge in [-0.1, -0.05) is 18.2 Å². The first-order chi connectivity index (χ1) is 11.5. The summed E-state index contributed by atoms with van der Waals surface area (Å²) in [6.07, 6.45) is 0.897. The average Bonchev–Trinajstić information content (AvgIpc) is 2.61. The van der Waals surface area contributed by atoms with Gasteiger partial charge in [0.05, 0.1) is 24.9 Å². The number of hydrogen-bond donors (Lipinski definition) is 1. The number of rotatable bonds is 7. The monoisotopic (exact) mass is 327 g/mol. The number of anilines is 1. The molecule has 0 unspecified atom stereocenters. The minimum atomic E-state index is -0.947. The number of carbonyl (C=O) groups is 1. The van der Waals surface area contributed by atoms with Crippen LogP contribution >= 0.6 is 0 Å². The standard InChI is InChI=1S/C18H21N3O3/c1-4-13-11-17(24-3)10-7-15(13)12-19-20-21(2)16-8-5-14(6-9-16)18(22)23/h5-11H,4,12H2,1-3H3,(H,22,23). The summed E-state index contributed by atoms with van der Waals surface area (Å²) in [4.78, 5) is 10.9. The van der Waals surface area contributed by atoms with E-state index in [1.165, 1.54) is 5.56 Å². The predicted octanol–water partition coefficient (Wildman–Crippen LogP) is 3.96. The van der Waals surface area contributed by atoms with Gasteiger partial charge in [0.25, 0.3) is 0 Å². The van der Waals surface area contributed by atoms with Crippen molar-refractivity contribution in [1.29, 1.82) is 0 Å². The molecule has 0 fully saturated rings. The number of carboxylic acid groups (broad SMARTS) is 1. The molecular formula is C18H21N3O3. The molecule has 0 aromatic heterocycles. The van der Waals surface area contributed by atoms with Crippen molar-refractivity contribution >= 4 is 11.7 Å². The minimum Gasteiger partial charge on any atom is -0.497 e. The van der Waals surface area contributed by atoms with Crippen LogP contribution in [0.25, 0.3) is 0 Å². The van der Waals surface area contributed by atoms with E-state index in [1.807, 2.05) is 18.2 Å². The van der Waals surface area contributed by atoms with Crippen molar-refractivity contribution in [2.24, 2.45) is 10.3 Å². The fraction of sp³-hybridized carbons (Fsp3) is 0.278. The third-order valence-corrected chi connectivity index (χ3v) is 3.72. The summed E-state index contributed by atoms with van der Waals surface area (Å²) in [5.74, 6) is -0.111. The van der Waals surface area contributed by atoms with Crippen molar-refractivity contribution in [1.82, 2.24) is 0 Å². The topological polar surface area (TPSA) is 74.5 Å². The zero-order valence-corrected chi connectivity index (χ0v) is 14.1. The number of benzene rings is 2. The van der Waals surface area contributed by atoms with E-state index in [9.17, 15) is 4.79 Å². The van der Waals surface area contributed by atoms with Gasteiger partial charge in [-0.3, -0.25) is 5.01 Å². The predicted molar refractivity (Wildman–Crippen MR) is 92.7 cm³/mol. The van der Waals surface area contributed by atoms with Crippen LogP contribution in [0.15, 0.2) is 52.8 Å². The molecule has 0 radical (unpaired) electrons. The van der Waals surface area contributed by atoms with E-state index in [0.717, 1.165) is 23.4 Å². The highest BCUT2D eigenvalue weighted by Crippen LogP contribution is 2.20. The third-order valence-electron chi connectivity index (χ3n) is 3.72. The van der Waals surface area contributed by atoms with Gasteiger partial charge in [-0.2, -0.15) is 5.11 Å². The largest absolute Gasteiger partial charge is 0.497 e. The Balaban J connectivity index is 2.04. The van der Waals surface area contributed by atoms with Gasteiger partial charge in [0.2, 0.25) is 0 Å². The molecule has 0 heterocycles. The quantitative estimate of drug-likeness (QED) is 0.617. The average molecular weight is 327 g/mol. The third kappa shape index (κ3) is 4.32. The Bertz CT molecular complexity index is 727. The molecule has 6 heteroatoms. The van der Waals surface area contributed by atoms with Crippen molar-refractivity contribution in [3.63, 3.8) is 0 Å². The van der Waals surface area contributed by atoms with Gasteiger partial charge in [0, 0.05) is 7.05 Å². The van der Waals surface area contributed by atoms with E-state index in [1.54, 1.807) is 43.4 Å². The summed E-state index contributed by atoms with van der Waals surface area (Å²) in [6.45, 7) is 2.57. The van der Waals surface area contributed by atoms with Crippen LogP contribution in [-0.2, 0) is 13.0 Å². The lowest BCUT2D eigenvalue weighted by Gasteiger charge is -2.12. The smallest absolute Gasteiger partial charge is 0.335 e. The first-order valence-electron chi connectivity index (χ1n) is 7.65. The Morgan fingerprint density at radius 1 is 1.17 bits per heavy atom. The molecule has 6 nitrogen and oxygen atoms in total. The molecule has 2 rings (SSSR count). The van der Waals surface area contributed by atoms with Crippen molar-refractivity contribution in [2.45, 2.75) is 19.9 Å². The molecule has 0 aliphatic rings. The maximum absolute atomic E-state index is 10.9. The molecule has 1 N–H and O–H groups in total. The lowest BCUT2D eigenvalue weighted by molar-refractivity contribution is 0.0697. The first kappa shape index (κ1) is 17.5. The molecule has 0 aliphatic carbocycles. The summed E-state index contributed by atoms with van der Waals surface area (Å²) in [5, 5.41) is 18.9. The maximum Gasteiger partial charge on any atom is 0.335 e. The maximum atomic E-state index is 10.9. The van der Waals surface area contributed by atoms with Crippen LogP contribution in [0.2, 0.25) is 0 Å². The molecule has 0 atom stereocenters. The van der Waals surface area contributed by atoms with Crippen LogP contribution in [0.3, 0.4) is 0 Å². The fourth-order valence-corrected chi connectivity index (χ4v) is 2.29. The fourth-order valence-electron chi connectivity index (χ4n) is 2.29. The number of carboxylic acids is 1. The summed E-state index contributed by atoms with van der Waals surface area (Å²) in [6, 6.07) is 12.4. The van der Waals surface area contributed by atoms with Crippen LogP contribution in [0.4, 0.5) is 5.69 Å². The highest BCUT2D eigenvalue weighted by atomic mass is 16.5. The van der Waals surface area contributed by atoms with Crippen LogP contribution in [0, 0.1) is 0 Å². The lowest BCUT2D eigenvalue weighted by Crippen LogP contribution is -2.08. The Labute approximate surface area is 141 Å². The number of methoxy groups -OCH3 is 1. The molecule has 0 saturated heterocycles. The Morgan fingerprint density at radius 3 is 2.46 bits per heavy atom. The van der Waals surface area contributed by atoms with Crippen molar-refractivity contribution in [3.8, 4) is 5.75 Å². The number of ether oxygens (including phenoxy) is 1. The van der Waals surface area contributed by atoms with Crippen LogP contribution in [0.5, 0.6) is 5.75 Å². The van der Waals surface area contributed by atoms with E-state index in [-0.39, 0.29) is 5.56 Å². The first-order valence-corrected chi connectivity index (χ1v) is 7.65. The summed E-state index contributed by atoms with van der Waals surface area (Å²) in [5.41, 5.74) is 3.31. The molecule has 0 saturated carbocycles. The van der Waals surface area contributed by atoms with Crippen molar-refractivity contribution in [2.75, 3.05) is 19.2 Å². The summed E-state index contributed by atoms with van der Waals surface area (Å²) >= 11 is 0. The van der Waals surface area contributed by atoms with Gasteiger partial charge >= 0.3 is 5.97 Å². The van der Waals surface area contributed by atoms with E-state index >= 15 is 0 Å². The van der Waals surface area contributed by atoms with Gasteiger partial charge in [0.1, 0.15) is 5.75 Å². The van der Waals surface area contributed by atoms with E-state index < -0.39 is 5.97 Å².